The third-order valence-corrected chi connectivity index (χ3v) is 5.56. The molecule has 2 amide bonds. The van der Waals surface area contributed by atoms with Crippen LogP contribution < -0.4 is 10.2 Å². The fourth-order valence-corrected chi connectivity index (χ4v) is 3.67. The number of benzene rings is 1. The summed E-state index contributed by atoms with van der Waals surface area (Å²) in [6.07, 6.45) is 1.49. The molecule has 0 saturated carbocycles. The summed E-state index contributed by atoms with van der Waals surface area (Å²) < 4.78 is 0. The van der Waals surface area contributed by atoms with Gasteiger partial charge in [-0.1, -0.05) is 18.2 Å². The van der Waals surface area contributed by atoms with Crippen molar-refractivity contribution < 1.29 is 9.59 Å². The van der Waals surface area contributed by atoms with Crippen molar-refractivity contribution in [1.29, 1.82) is 0 Å². The zero-order chi connectivity index (χ0) is 20.4. The number of nitrogens with zero attached hydrogens (tertiary/aromatic N) is 3. The van der Waals surface area contributed by atoms with Crippen molar-refractivity contribution >= 4 is 17.5 Å². The van der Waals surface area contributed by atoms with Gasteiger partial charge < -0.3 is 15.1 Å². The van der Waals surface area contributed by atoms with Gasteiger partial charge in [0, 0.05) is 70.4 Å². The largest absolute Gasteiger partial charge is 0.369 e. The lowest BCUT2D eigenvalue weighted by atomic mass is 10.2. The van der Waals surface area contributed by atoms with Crippen LogP contribution in [0.2, 0.25) is 0 Å². The zero-order valence-corrected chi connectivity index (χ0v) is 17.7. The number of hydrogen-bond donors (Lipinski definition) is 1. The fourth-order valence-electron chi connectivity index (χ4n) is 3.67. The molecule has 1 aromatic rings. The summed E-state index contributed by atoms with van der Waals surface area (Å²) in [7, 11) is 0. The summed E-state index contributed by atoms with van der Waals surface area (Å²) in [5, 5.41) is 3.03. The third kappa shape index (κ3) is 6.82. The van der Waals surface area contributed by atoms with Gasteiger partial charge in [-0.2, -0.15) is 0 Å². The first-order valence-corrected chi connectivity index (χ1v) is 10.6. The summed E-state index contributed by atoms with van der Waals surface area (Å²) in [6, 6.07) is 10.8. The molecule has 1 aromatic carbocycles. The molecule has 1 N–H and O–H groups in total. The van der Waals surface area contributed by atoms with Crippen LogP contribution in [-0.4, -0.2) is 73.5 Å². The molecular formula is C22H36N4O2. The molecule has 1 fully saturated rings. The number of para-hydroxylation sites is 1. The summed E-state index contributed by atoms with van der Waals surface area (Å²) in [6.45, 7) is 12.3. The molecule has 28 heavy (non-hydrogen) atoms. The van der Waals surface area contributed by atoms with Gasteiger partial charge in [0.05, 0.1) is 0 Å². The molecule has 0 radical (unpaired) electrons. The Kier molecular flexibility index (Phi) is 9.28. The van der Waals surface area contributed by atoms with Crippen LogP contribution in [0.5, 0.6) is 0 Å². The Hall–Kier alpha value is -2.08. The van der Waals surface area contributed by atoms with Gasteiger partial charge in [0.2, 0.25) is 11.8 Å². The standard InChI is InChI=1S/C22H36N4O2/c1-4-24(5-2)22(28)13-9-12-21(27)23-18-19(3)25-14-16-26(17-15-25)20-10-7-6-8-11-20/h6-8,10-11,19H,4-5,9,12-18H2,1-3H3,(H,23,27). The van der Waals surface area contributed by atoms with Crippen LogP contribution in [0.4, 0.5) is 5.69 Å². The highest BCUT2D eigenvalue weighted by molar-refractivity contribution is 5.78. The molecule has 0 aromatic heterocycles. The first-order valence-electron chi connectivity index (χ1n) is 10.6. The monoisotopic (exact) mass is 388 g/mol. The van der Waals surface area contributed by atoms with Gasteiger partial charge >= 0.3 is 0 Å². The Morgan fingerprint density at radius 2 is 1.68 bits per heavy atom. The molecule has 0 spiro atoms. The fraction of sp³-hybridized carbons (Fsp3) is 0.636. The molecule has 1 heterocycles. The molecule has 1 aliphatic rings. The van der Waals surface area contributed by atoms with Gasteiger partial charge in [-0.15, -0.1) is 0 Å². The van der Waals surface area contributed by atoms with Crippen LogP contribution in [0, 0.1) is 0 Å². The number of hydrogen-bond acceptors (Lipinski definition) is 4. The van der Waals surface area contributed by atoms with Crippen LogP contribution in [0.3, 0.4) is 0 Å². The zero-order valence-electron chi connectivity index (χ0n) is 17.7. The van der Waals surface area contributed by atoms with E-state index in [1.165, 1.54) is 5.69 Å². The van der Waals surface area contributed by atoms with Crippen molar-refractivity contribution in [1.82, 2.24) is 15.1 Å². The van der Waals surface area contributed by atoms with Gasteiger partial charge in [0.25, 0.3) is 0 Å². The smallest absolute Gasteiger partial charge is 0.222 e. The molecule has 2 rings (SSSR count). The highest BCUT2D eigenvalue weighted by Crippen LogP contribution is 2.16. The molecule has 6 nitrogen and oxygen atoms in total. The molecule has 156 valence electrons. The van der Waals surface area contributed by atoms with Crippen LogP contribution in [0.15, 0.2) is 30.3 Å². The number of amides is 2. The average molecular weight is 389 g/mol. The normalized spacial score (nSPS) is 15.9. The van der Waals surface area contributed by atoms with Crippen molar-refractivity contribution in [2.24, 2.45) is 0 Å². The van der Waals surface area contributed by atoms with E-state index in [9.17, 15) is 9.59 Å². The number of carbonyl (C=O) groups excluding carboxylic acids is 2. The van der Waals surface area contributed by atoms with Crippen molar-refractivity contribution in [2.75, 3.05) is 50.7 Å². The Morgan fingerprint density at radius 1 is 1.04 bits per heavy atom. The lowest BCUT2D eigenvalue weighted by Crippen LogP contribution is -2.52. The van der Waals surface area contributed by atoms with E-state index in [4.69, 9.17) is 0 Å². The van der Waals surface area contributed by atoms with Crippen LogP contribution >= 0.6 is 0 Å². The highest BCUT2D eigenvalue weighted by Gasteiger charge is 2.21. The molecule has 1 atom stereocenters. The van der Waals surface area contributed by atoms with Crippen LogP contribution in [0.25, 0.3) is 0 Å². The Morgan fingerprint density at radius 3 is 2.29 bits per heavy atom. The van der Waals surface area contributed by atoms with E-state index >= 15 is 0 Å². The number of piperazine rings is 1. The predicted octanol–water partition coefficient (Wildman–Crippen LogP) is 2.35. The maximum atomic E-state index is 12.1. The predicted molar refractivity (Wildman–Crippen MR) is 114 cm³/mol. The lowest BCUT2D eigenvalue weighted by molar-refractivity contribution is -0.131. The quantitative estimate of drug-likeness (QED) is 0.669. The second-order valence-electron chi connectivity index (χ2n) is 7.43. The third-order valence-electron chi connectivity index (χ3n) is 5.56. The summed E-state index contributed by atoms with van der Waals surface area (Å²) in [4.78, 5) is 30.7. The van der Waals surface area contributed by atoms with E-state index in [-0.39, 0.29) is 11.8 Å². The Bertz CT molecular complexity index is 596. The minimum absolute atomic E-state index is 0.0436. The lowest BCUT2D eigenvalue weighted by Gasteiger charge is -2.39. The minimum atomic E-state index is 0.0436. The van der Waals surface area contributed by atoms with Gasteiger partial charge in [0.1, 0.15) is 0 Å². The van der Waals surface area contributed by atoms with E-state index in [1.807, 2.05) is 24.8 Å². The Labute approximate surface area is 169 Å². The first kappa shape index (κ1) is 22.2. The molecule has 1 aliphatic heterocycles. The topological polar surface area (TPSA) is 55.9 Å². The van der Waals surface area contributed by atoms with Crippen LogP contribution in [-0.2, 0) is 9.59 Å². The first-order chi connectivity index (χ1) is 13.5. The molecule has 0 aliphatic carbocycles. The van der Waals surface area contributed by atoms with Gasteiger partial charge in [-0.05, 0) is 39.3 Å². The number of anilines is 1. The van der Waals surface area contributed by atoms with E-state index in [0.29, 0.717) is 31.8 Å². The summed E-state index contributed by atoms with van der Waals surface area (Å²) in [5.74, 6) is 0.185. The Balaban J connectivity index is 1.62. The summed E-state index contributed by atoms with van der Waals surface area (Å²) >= 11 is 0. The molecule has 0 bridgehead atoms. The number of carbonyl (C=O) groups is 2. The van der Waals surface area contributed by atoms with E-state index in [1.54, 1.807) is 0 Å². The van der Waals surface area contributed by atoms with Crippen molar-refractivity contribution in [3.63, 3.8) is 0 Å². The van der Waals surface area contributed by atoms with Crippen molar-refractivity contribution in [3.05, 3.63) is 30.3 Å². The second kappa shape index (κ2) is 11.7. The van der Waals surface area contributed by atoms with E-state index < -0.39 is 0 Å². The van der Waals surface area contributed by atoms with Crippen molar-refractivity contribution in [2.45, 2.75) is 46.1 Å². The maximum Gasteiger partial charge on any atom is 0.222 e. The average Bonchev–Trinajstić information content (AvgIpc) is 2.73. The molecule has 1 saturated heterocycles. The number of rotatable bonds is 10. The second-order valence-corrected chi connectivity index (χ2v) is 7.43. The van der Waals surface area contributed by atoms with E-state index in [2.05, 4.69) is 46.3 Å². The SMILES string of the molecule is CCN(CC)C(=O)CCCC(=O)NCC(C)N1CCN(c2ccccc2)CC1. The van der Waals surface area contributed by atoms with Crippen LogP contribution in [0.1, 0.15) is 40.0 Å². The number of nitrogens with one attached hydrogen (secondary N) is 1. The van der Waals surface area contributed by atoms with Gasteiger partial charge in [-0.25, -0.2) is 0 Å². The van der Waals surface area contributed by atoms with Gasteiger partial charge in [-0.3, -0.25) is 14.5 Å². The van der Waals surface area contributed by atoms with E-state index in [0.717, 1.165) is 39.3 Å². The molecule has 6 heteroatoms. The maximum absolute atomic E-state index is 12.1. The van der Waals surface area contributed by atoms with Crippen molar-refractivity contribution in [3.8, 4) is 0 Å². The van der Waals surface area contributed by atoms with Gasteiger partial charge in [0.15, 0.2) is 0 Å². The summed E-state index contributed by atoms with van der Waals surface area (Å²) in [5.41, 5.74) is 1.28. The minimum Gasteiger partial charge on any atom is -0.369 e. The molecular weight excluding hydrogens is 352 g/mol. The highest BCUT2D eigenvalue weighted by atomic mass is 16.2. The molecule has 1 unspecified atom stereocenters.